The topological polar surface area (TPSA) is 89.9 Å². The molecule has 6 heteroatoms. The molecule has 2 fully saturated rings. The van der Waals surface area contributed by atoms with Gasteiger partial charge in [0.2, 0.25) is 11.8 Å². The second kappa shape index (κ2) is 5.67. The van der Waals surface area contributed by atoms with Gasteiger partial charge in [0.15, 0.2) is 0 Å². The summed E-state index contributed by atoms with van der Waals surface area (Å²) in [6.45, 7) is 0.639. The molecule has 1 saturated carbocycles. The third kappa shape index (κ3) is 3.20. The molecular formula is C12H20N2O4. The van der Waals surface area contributed by atoms with Crippen LogP contribution < -0.4 is 5.32 Å². The van der Waals surface area contributed by atoms with Crippen LogP contribution in [0.15, 0.2) is 0 Å². The molecule has 0 spiro atoms. The first kappa shape index (κ1) is 13.3. The number of carbonyl (C=O) groups excluding carboxylic acids is 2. The van der Waals surface area contributed by atoms with Crippen molar-refractivity contribution in [3.8, 4) is 0 Å². The molecule has 6 nitrogen and oxygen atoms in total. The molecule has 0 aromatic carbocycles. The minimum absolute atomic E-state index is 0.0339. The molecule has 3 N–H and O–H groups in total. The molecule has 1 atom stereocenters. The highest BCUT2D eigenvalue weighted by Crippen LogP contribution is 2.31. The zero-order valence-electron chi connectivity index (χ0n) is 10.3. The standard InChI is InChI=1S/C12H20N2O4/c15-6-10(7-16)13-12(18)9-3-11(17)14(5-9)4-8-1-2-8/h8-10,15-16H,1-7H2,(H,13,18). The van der Waals surface area contributed by atoms with Gasteiger partial charge in [0.25, 0.3) is 0 Å². The normalized spacial score (nSPS) is 23.8. The number of nitrogens with zero attached hydrogens (tertiary/aromatic N) is 1. The molecule has 2 amide bonds. The fourth-order valence-corrected chi connectivity index (χ4v) is 2.20. The summed E-state index contributed by atoms with van der Waals surface area (Å²) in [5, 5.41) is 20.3. The van der Waals surface area contributed by atoms with Crippen LogP contribution in [0.2, 0.25) is 0 Å². The van der Waals surface area contributed by atoms with E-state index in [0.717, 1.165) is 6.54 Å². The smallest absolute Gasteiger partial charge is 0.225 e. The lowest BCUT2D eigenvalue weighted by atomic mass is 10.1. The quantitative estimate of drug-likeness (QED) is 0.552. The van der Waals surface area contributed by atoms with Gasteiger partial charge in [-0.05, 0) is 18.8 Å². The first-order valence-electron chi connectivity index (χ1n) is 6.44. The van der Waals surface area contributed by atoms with Gasteiger partial charge in [0.05, 0.1) is 25.2 Å². The Balaban J connectivity index is 1.82. The van der Waals surface area contributed by atoms with E-state index in [1.807, 2.05) is 0 Å². The van der Waals surface area contributed by atoms with Crippen molar-refractivity contribution < 1.29 is 19.8 Å². The van der Waals surface area contributed by atoms with Crippen LogP contribution in [0.5, 0.6) is 0 Å². The van der Waals surface area contributed by atoms with Crippen molar-refractivity contribution in [2.45, 2.75) is 25.3 Å². The first-order valence-corrected chi connectivity index (χ1v) is 6.44. The Kier molecular flexibility index (Phi) is 4.19. The Morgan fingerprint density at radius 2 is 2.06 bits per heavy atom. The van der Waals surface area contributed by atoms with Gasteiger partial charge >= 0.3 is 0 Å². The van der Waals surface area contributed by atoms with Crippen molar-refractivity contribution in [2.75, 3.05) is 26.3 Å². The van der Waals surface area contributed by atoms with Gasteiger partial charge in [0, 0.05) is 19.5 Å². The first-order chi connectivity index (χ1) is 8.63. The van der Waals surface area contributed by atoms with Gasteiger partial charge < -0.3 is 20.4 Å². The van der Waals surface area contributed by atoms with Crippen LogP contribution in [0.4, 0.5) is 0 Å². The number of rotatable bonds is 6. The van der Waals surface area contributed by atoms with Crippen molar-refractivity contribution in [3.05, 3.63) is 0 Å². The summed E-state index contributed by atoms with van der Waals surface area (Å²) in [5.74, 6) is 0.0524. The molecule has 0 radical (unpaired) electrons. The minimum Gasteiger partial charge on any atom is -0.394 e. The fourth-order valence-electron chi connectivity index (χ4n) is 2.20. The third-order valence-electron chi connectivity index (χ3n) is 3.55. The van der Waals surface area contributed by atoms with E-state index < -0.39 is 6.04 Å². The third-order valence-corrected chi connectivity index (χ3v) is 3.55. The number of carbonyl (C=O) groups is 2. The molecule has 0 aromatic rings. The maximum atomic E-state index is 11.9. The van der Waals surface area contributed by atoms with Crippen LogP contribution in [0.25, 0.3) is 0 Å². The van der Waals surface area contributed by atoms with E-state index >= 15 is 0 Å². The second-order valence-corrected chi connectivity index (χ2v) is 5.21. The number of aliphatic hydroxyl groups excluding tert-OH is 2. The Bertz CT molecular complexity index is 326. The molecule has 0 bridgehead atoms. The summed E-state index contributed by atoms with van der Waals surface area (Å²) in [6.07, 6.45) is 2.59. The predicted molar refractivity (Wildman–Crippen MR) is 63.5 cm³/mol. The van der Waals surface area contributed by atoms with Crippen LogP contribution in [0.3, 0.4) is 0 Å². The van der Waals surface area contributed by atoms with Gasteiger partial charge in [-0.2, -0.15) is 0 Å². The fraction of sp³-hybridized carbons (Fsp3) is 0.833. The van der Waals surface area contributed by atoms with Crippen LogP contribution in [-0.4, -0.2) is 59.3 Å². The number of hydrogen-bond donors (Lipinski definition) is 3. The van der Waals surface area contributed by atoms with E-state index in [1.54, 1.807) is 4.90 Å². The Labute approximate surface area is 106 Å². The average molecular weight is 256 g/mol. The monoisotopic (exact) mass is 256 g/mol. The SMILES string of the molecule is O=C(NC(CO)CO)C1CC(=O)N(CC2CC2)C1. The Morgan fingerprint density at radius 1 is 1.39 bits per heavy atom. The predicted octanol–water partition coefficient (Wildman–Crippen LogP) is -1.29. The number of hydrogen-bond acceptors (Lipinski definition) is 4. The van der Waals surface area contributed by atoms with E-state index in [4.69, 9.17) is 10.2 Å². The van der Waals surface area contributed by atoms with Crippen LogP contribution in [-0.2, 0) is 9.59 Å². The largest absolute Gasteiger partial charge is 0.394 e. The molecule has 1 aliphatic heterocycles. The summed E-state index contributed by atoms with van der Waals surface area (Å²) in [4.78, 5) is 25.3. The van der Waals surface area contributed by atoms with Crippen LogP contribution in [0, 0.1) is 11.8 Å². The lowest BCUT2D eigenvalue weighted by Gasteiger charge is -2.18. The number of amides is 2. The van der Waals surface area contributed by atoms with E-state index in [9.17, 15) is 9.59 Å². The van der Waals surface area contributed by atoms with Crippen LogP contribution in [0.1, 0.15) is 19.3 Å². The summed E-state index contributed by atoms with van der Waals surface area (Å²) in [5.41, 5.74) is 0. The number of nitrogens with one attached hydrogen (secondary N) is 1. The van der Waals surface area contributed by atoms with Crippen molar-refractivity contribution in [3.63, 3.8) is 0 Å². The van der Waals surface area contributed by atoms with E-state index in [2.05, 4.69) is 5.32 Å². The minimum atomic E-state index is -0.634. The van der Waals surface area contributed by atoms with Gasteiger partial charge in [-0.1, -0.05) is 0 Å². The molecule has 18 heavy (non-hydrogen) atoms. The highest BCUT2D eigenvalue weighted by Gasteiger charge is 2.37. The van der Waals surface area contributed by atoms with E-state index in [-0.39, 0.29) is 37.4 Å². The maximum Gasteiger partial charge on any atom is 0.225 e. The molecule has 1 heterocycles. The summed E-state index contributed by atoms with van der Waals surface area (Å²) >= 11 is 0. The van der Waals surface area contributed by atoms with Crippen molar-refractivity contribution >= 4 is 11.8 Å². The van der Waals surface area contributed by atoms with Crippen molar-refractivity contribution in [1.29, 1.82) is 0 Å². The molecule has 1 aliphatic carbocycles. The summed E-state index contributed by atoms with van der Waals surface area (Å²) < 4.78 is 0. The number of likely N-dealkylation sites (tertiary alicyclic amines) is 1. The van der Waals surface area contributed by atoms with Crippen LogP contribution >= 0.6 is 0 Å². The molecule has 0 aromatic heterocycles. The second-order valence-electron chi connectivity index (χ2n) is 5.21. The Hall–Kier alpha value is -1.14. The number of aliphatic hydroxyl groups is 2. The average Bonchev–Trinajstić information content (AvgIpc) is 3.10. The van der Waals surface area contributed by atoms with E-state index in [0.29, 0.717) is 12.5 Å². The Morgan fingerprint density at radius 3 is 2.61 bits per heavy atom. The zero-order chi connectivity index (χ0) is 13.1. The van der Waals surface area contributed by atoms with Gasteiger partial charge in [-0.15, -0.1) is 0 Å². The molecule has 2 rings (SSSR count). The molecule has 102 valence electrons. The van der Waals surface area contributed by atoms with E-state index in [1.165, 1.54) is 12.8 Å². The molecule has 1 unspecified atom stereocenters. The summed E-state index contributed by atoms with van der Waals surface area (Å²) in [6, 6.07) is -0.634. The lowest BCUT2D eigenvalue weighted by molar-refractivity contribution is -0.129. The highest BCUT2D eigenvalue weighted by molar-refractivity contribution is 5.89. The summed E-state index contributed by atoms with van der Waals surface area (Å²) in [7, 11) is 0. The van der Waals surface area contributed by atoms with Crippen molar-refractivity contribution in [1.82, 2.24) is 10.2 Å². The van der Waals surface area contributed by atoms with Gasteiger partial charge in [-0.3, -0.25) is 9.59 Å². The molecule has 2 aliphatic rings. The highest BCUT2D eigenvalue weighted by atomic mass is 16.3. The lowest BCUT2D eigenvalue weighted by Crippen LogP contribution is -2.43. The maximum absolute atomic E-state index is 11.9. The van der Waals surface area contributed by atoms with Gasteiger partial charge in [-0.25, -0.2) is 0 Å². The zero-order valence-corrected chi connectivity index (χ0v) is 10.3. The molecule has 1 saturated heterocycles. The van der Waals surface area contributed by atoms with Gasteiger partial charge in [0.1, 0.15) is 0 Å². The molecular weight excluding hydrogens is 236 g/mol. The van der Waals surface area contributed by atoms with Crippen molar-refractivity contribution in [2.24, 2.45) is 11.8 Å².